The third-order valence-electron chi connectivity index (χ3n) is 5.64. The molecule has 2 aromatic rings. The van der Waals surface area contributed by atoms with Crippen molar-refractivity contribution in [3.05, 3.63) is 12.1 Å². The van der Waals surface area contributed by atoms with Crippen LogP contribution in [0, 0.1) is 0 Å². The summed E-state index contributed by atoms with van der Waals surface area (Å²) in [6.07, 6.45) is 4.51. The first-order chi connectivity index (χ1) is 16.5. The summed E-state index contributed by atoms with van der Waals surface area (Å²) in [7, 11) is -1.69. The van der Waals surface area contributed by atoms with E-state index in [0.29, 0.717) is 28.9 Å². The molecule has 0 amide bonds. The molecule has 0 saturated carbocycles. The van der Waals surface area contributed by atoms with E-state index in [4.69, 9.17) is 4.74 Å². The molecule has 0 spiro atoms. The number of azo groups is 1. The molecule has 36 heavy (non-hydrogen) atoms. The van der Waals surface area contributed by atoms with Crippen LogP contribution in [0.2, 0.25) is 0 Å². The van der Waals surface area contributed by atoms with E-state index in [-0.39, 0.29) is 24.5 Å². The summed E-state index contributed by atoms with van der Waals surface area (Å²) in [6, 6.07) is 4.14. The lowest BCUT2D eigenvalue weighted by atomic mass is 10.1. The Morgan fingerprint density at radius 3 is 2.36 bits per heavy atom. The molecule has 1 aromatic heterocycles. The molecule has 10 nitrogen and oxygen atoms in total. The van der Waals surface area contributed by atoms with Crippen molar-refractivity contribution in [3.8, 4) is 5.75 Å². The predicted octanol–water partition coefficient (Wildman–Crippen LogP) is 1.77. The van der Waals surface area contributed by atoms with Gasteiger partial charge in [-0.2, -0.15) is 0 Å². The number of rotatable bonds is 10. The third-order valence-corrected chi connectivity index (χ3v) is 7.24. The first kappa shape index (κ1) is 30.0. The van der Waals surface area contributed by atoms with E-state index in [1.807, 2.05) is 20.0 Å². The van der Waals surface area contributed by atoms with Gasteiger partial charge in [-0.15, -0.1) is 4.68 Å². The van der Waals surface area contributed by atoms with Crippen LogP contribution in [-0.2, 0) is 17.1 Å². The van der Waals surface area contributed by atoms with Crippen LogP contribution in [0.25, 0.3) is 0 Å². The number of anilines is 3. The summed E-state index contributed by atoms with van der Waals surface area (Å²) < 4.78 is 34.5. The van der Waals surface area contributed by atoms with E-state index in [1.54, 1.807) is 10.7 Å². The average molecular weight is 560 g/mol. The second-order valence-electron chi connectivity index (χ2n) is 9.28. The number of halogens is 1. The van der Waals surface area contributed by atoms with Crippen molar-refractivity contribution in [2.24, 2.45) is 17.3 Å². The number of hydrogen-bond donors (Lipinski definition) is 1. The largest absolute Gasteiger partial charge is 1.00 e. The van der Waals surface area contributed by atoms with Crippen LogP contribution >= 0.6 is 11.3 Å². The molecular weight excluding hydrogens is 522 g/mol. The van der Waals surface area contributed by atoms with Gasteiger partial charge in [0.25, 0.3) is 0 Å². The molecule has 3 rings (SSSR count). The van der Waals surface area contributed by atoms with Gasteiger partial charge in [-0.05, 0) is 76.4 Å². The highest BCUT2D eigenvalue weighted by atomic mass is 35.5. The van der Waals surface area contributed by atoms with E-state index < -0.39 is 10.0 Å². The quantitative estimate of drug-likeness (QED) is 0.351. The first-order valence-electron chi connectivity index (χ1n) is 12.1. The van der Waals surface area contributed by atoms with E-state index in [0.717, 1.165) is 43.0 Å². The van der Waals surface area contributed by atoms with Crippen molar-refractivity contribution < 1.29 is 30.2 Å². The molecule has 2 heterocycles. The number of ether oxygens (including phenoxy) is 1. The topological polar surface area (TPSA) is 103 Å². The van der Waals surface area contributed by atoms with Crippen molar-refractivity contribution in [3.63, 3.8) is 0 Å². The van der Waals surface area contributed by atoms with E-state index >= 15 is 0 Å². The van der Waals surface area contributed by atoms with Crippen LogP contribution in [0.3, 0.4) is 0 Å². The van der Waals surface area contributed by atoms with Crippen LogP contribution in [0.5, 0.6) is 5.75 Å². The lowest BCUT2D eigenvalue weighted by molar-refractivity contribution is -0.712. The fraction of sp³-hybridized carbons (Fsp3) is 0.652. The molecular formula is C23H38ClN7O3S2. The molecule has 202 valence electrons. The fourth-order valence-electron chi connectivity index (χ4n) is 4.24. The summed E-state index contributed by atoms with van der Waals surface area (Å²) in [5.74, 6) is 0.669. The monoisotopic (exact) mass is 559 g/mol. The molecule has 0 radical (unpaired) electrons. The highest BCUT2D eigenvalue weighted by molar-refractivity contribution is 7.92. The molecule has 0 unspecified atom stereocenters. The minimum absolute atomic E-state index is 0. The third kappa shape index (κ3) is 7.66. The van der Waals surface area contributed by atoms with E-state index in [9.17, 15) is 8.42 Å². The average Bonchev–Trinajstić information content (AvgIpc) is 3.12. The van der Waals surface area contributed by atoms with Gasteiger partial charge in [0.15, 0.2) is 0 Å². The minimum Gasteiger partial charge on any atom is -1.00 e. The Morgan fingerprint density at radius 1 is 1.17 bits per heavy atom. The van der Waals surface area contributed by atoms with Gasteiger partial charge in [0.2, 0.25) is 15.2 Å². The Balaban J connectivity index is 0.00000456. The summed E-state index contributed by atoms with van der Waals surface area (Å²) in [4.78, 5) is 4.46. The first-order valence-corrected chi connectivity index (χ1v) is 14.8. The number of aryl methyl sites for hydroxylation is 1. The molecule has 1 aromatic carbocycles. The van der Waals surface area contributed by atoms with Gasteiger partial charge >= 0.3 is 5.13 Å². The second-order valence-corrected chi connectivity index (χ2v) is 12.0. The van der Waals surface area contributed by atoms with Crippen LogP contribution in [0.15, 0.2) is 22.4 Å². The van der Waals surface area contributed by atoms with Crippen molar-refractivity contribution in [1.82, 2.24) is 5.10 Å². The SMILES string of the molecule is CCOc1cc(N=Nc2sc(N(C(C)C)C(C)C)n[n+]2C)c(NS(C)(=O)=O)cc1N1CCCCC1.[Cl-]. The van der Waals surface area contributed by atoms with Gasteiger partial charge < -0.3 is 26.9 Å². The minimum atomic E-state index is -3.52. The molecule has 0 bridgehead atoms. The molecule has 13 heteroatoms. The maximum Gasteiger partial charge on any atom is 0.431 e. The molecule has 1 aliphatic rings. The van der Waals surface area contributed by atoms with Crippen molar-refractivity contribution in [2.75, 3.05) is 40.5 Å². The zero-order chi connectivity index (χ0) is 25.8. The Morgan fingerprint density at radius 2 is 1.81 bits per heavy atom. The highest BCUT2D eigenvalue weighted by Gasteiger charge is 2.25. The number of hydrogen-bond acceptors (Lipinski definition) is 9. The zero-order valence-electron chi connectivity index (χ0n) is 22.2. The van der Waals surface area contributed by atoms with Gasteiger partial charge in [0, 0.05) is 31.2 Å². The molecule has 0 aliphatic carbocycles. The molecule has 0 atom stereocenters. The van der Waals surface area contributed by atoms with Crippen LogP contribution in [-0.4, -0.2) is 51.6 Å². The standard InChI is InChI=1S/C23H37N7O3S2.ClH/c1-8-33-21-15-18(19(27-35(7,31)32)14-20(21)29-12-10-9-11-13-29)24-25-22-28(6)26-23(34-22)30(16(2)3)17(4)5;/h14-17H,8-13H2,1-7H3;1H. The Hall–Kier alpha value is -2.18. The van der Waals surface area contributed by atoms with Gasteiger partial charge in [0.1, 0.15) is 18.5 Å². The van der Waals surface area contributed by atoms with Crippen molar-refractivity contribution in [2.45, 2.75) is 66.0 Å². The normalized spacial score (nSPS) is 14.4. The van der Waals surface area contributed by atoms with Gasteiger partial charge in [-0.3, -0.25) is 4.72 Å². The second kappa shape index (κ2) is 12.9. The lowest BCUT2D eigenvalue weighted by Gasteiger charge is -2.30. The van der Waals surface area contributed by atoms with Gasteiger partial charge in [-0.1, -0.05) is 5.10 Å². The van der Waals surface area contributed by atoms with Gasteiger partial charge in [-0.25, -0.2) is 8.42 Å². The Labute approximate surface area is 225 Å². The summed E-state index contributed by atoms with van der Waals surface area (Å²) >= 11 is 1.44. The highest BCUT2D eigenvalue weighted by Crippen LogP contribution is 2.41. The molecule has 1 aliphatic heterocycles. The molecule has 1 saturated heterocycles. The maximum atomic E-state index is 12.1. The fourth-order valence-corrected chi connectivity index (χ4v) is 5.91. The predicted molar refractivity (Wildman–Crippen MR) is 142 cm³/mol. The molecule has 1 N–H and O–H groups in total. The summed E-state index contributed by atoms with van der Waals surface area (Å²) in [5, 5.41) is 15.0. The zero-order valence-corrected chi connectivity index (χ0v) is 24.5. The smallest absolute Gasteiger partial charge is 0.431 e. The van der Waals surface area contributed by atoms with Crippen LogP contribution in [0.1, 0.15) is 53.9 Å². The summed E-state index contributed by atoms with van der Waals surface area (Å²) in [5.41, 5.74) is 1.63. The van der Waals surface area contributed by atoms with E-state index in [2.05, 4.69) is 57.5 Å². The van der Waals surface area contributed by atoms with Crippen molar-refractivity contribution >= 4 is 48.7 Å². The van der Waals surface area contributed by atoms with Crippen molar-refractivity contribution in [1.29, 1.82) is 0 Å². The number of nitrogens with one attached hydrogen (secondary N) is 1. The number of sulfonamides is 1. The number of benzene rings is 1. The van der Waals surface area contributed by atoms with Crippen LogP contribution < -0.4 is 36.3 Å². The molecule has 1 fully saturated rings. The maximum absolute atomic E-state index is 12.1. The lowest BCUT2D eigenvalue weighted by Crippen LogP contribution is -3.00. The Kier molecular flexibility index (Phi) is 10.7. The number of nitrogens with zero attached hydrogens (tertiary/aromatic N) is 6. The van der Waals surface area contributed by atoms with Crippen LogP contribution in [0.4, 0.5) is 27.3 Å². The van der Waals surface area contributed by atoms with E-state index in [1.165, 1.54) is 17.8 Å². The summed E-state index contributed by atoms with van der Waals surface area (Å²) in [6.45, 7) is 12.7. The van der Waals surface area contributed by atoms with Gasteiger partial charge in [0.05, 0.1) is 29.4 Å². The Bertz CT molecular complexity index is 1140. The number of piperidine rings is 1. The number of aromatic nitrogens is 2.